The van der Waals surface area contributed by atoms with Crippen LogP contribution in [0.3, 0.4) is 0 Å². The Bertz CT molecular complexity index is 2960. The minimum atomic E-state index is -0.298. The molecule has 0 unspecified atom stereocenters. The van der Waals surface area contributed by atoms with Crippen molar-refractivity contribution in [3.63, 3.8) is 0 Å². The van der Waals surface area contributed by atoms with Crippen LogP contribution in [0.15, 0.2) is 182 Å². The summed E-state index contributed by atoms with van der Waals surface area (Å²) < 4.78 is 4.84. The maximum absolute atomic E-state index is 13.6. The maximum atomic E-state index is 13.6. The molecular weight excluding hydrogens is 669 g/mol. The molecule has 0 spiro atoms. The number of rotatable bonds is 5. The summed E-state index contributed by atoms with van der Waals surface area (Å²) >= 11 is 0. The minimum Gasteiger partial charge on any atom is -0.309 e. The Morgan fingerprint density at radius 2 is 0.836 bits per heavy atom. The van der Waals surface area contributed by atoms with Gasteiger partial charge in [0.05, 0.1) is 22.1 Å². The van der Waals surface area contributed by atoms with Crippen molar-refractivity contribution in [3.05, 3.63) is 204 Å². The number of hydrogen-bond acceptors (Lipinski definition) is 1. The zero-order chi connectivity index (χ0) is 36.8. The van der Waals surface area contributed by atoms with Crippen LogP contribution < -0.4 is 0 Å². The molecule has 0 radical (unpaired) electrons. The van der Waals surface area contributed by atoms with E-state index in [1.54, 1.807) is 0 Å². The number of para-hydroxylation sites is 4. The van der Waals surface area contributed by atoms with Crippen LogP contribution >= 0.6 is 0 Å². The van der Waals surface area contributed by atoms with Crippen LogP contribution in [0.25, 0.3) is 77.2 Å². The smallest absolute Gasteiger partial charge is 0.193 e. The normalized spacial score (nSPS) is 13.1. The third-order valence-electron chi connectivity index (χ3n) is 11.9. The summed E-state index contributed by atoms with van der Waals surface area (Å²) in [6.07, 6.45) is 0. The van der Waals surface area contributed by atoms with Crippen LogP contribution in [0, 0.1) is 0 Å². The number of ketones is 1. The van der Waals surface area contributed by atoms with E-state index in [4.69, 9.17) is 0 Å². The molecule has 0 saturated heterocycles. The van der Waals surface area contributed by atoms with E-state index in [0.717, 1.165) is 28.1 Å². The van der Waals surface area contributed by atoms with E-state index in [1.165, 1.54) is 65.9 Å². The molecule has 1 aliphatic rings. The van der Waals surface area contributed by atoms with Crippen molar-refractivity contribution in [2.75, 3.05) is 0 Å². The summed E-state index contributed by atoms with van der Waals surface area (Å²) in [5.41, 5.74) is 15.3. The molecular formula is C52H36N2O. The number of carbonyl (C=O) groups is 1. The first-order valence-corrected chi connectivity index (χ1v) is 19.0. The molecule has 260 valence electrons. The Kier molecular flexibility index (Phi) is 6.75. The first-order valence-electron chi connectivity index (χ1n) is 19.0. The van der Waals surface area contributed by atoms with Gasteiger partial charge in [0.1, 0.15) is 0 Å². The van der Waals surface area contributed by atoms with Gasteiger partial charge in [-0.05, 0) is 88.0 Å². The highest BCUT2D eigenvalue weighted by molar-refractivity contribution is 6.11. The number of hydrogen-bond donors (Lipinski definition) is 0. The molecule has 11 rings (SSSR count). The van der Waals surface area contributed by atoms with Crippen LogP contribution in [-0.2, 0) is 5.41 Å². The van der Waals surface area contributed by atoms with Crippen molar-refractivity contribution in [3.8, 4) is 33.6 Å². The zero-order valence-corrected chi connectivity index (χ0v) is 30.6. The van der Waals surface area contributed by atoms with E-state index in [9.17, 15) is 4.79 Å². The standard InChI is InChI=1S/C52H36N2O/c1-52(2)45-30-34(24-26-39(45)40-27-25-35(31-46(40)52)51(55)33-14-4-3-5-15-33)36-28-37(53-47-20-10-6-16-41(47)42-17-7-11-21-48(42)53)32-38(29-36)54-49-22-12-8-18-43(49)44-19-9-13-23-50(44)54/h3-32H,1-2H3. The molecule has 3 nitrogen and oxygen atoms in total. The fourth-order valence-electron chi connectivity index (χ4n) is 9.24. The highest BCUT2D eigenvalue weighted by atomic mass is 16.1. The van der Waals surface area contributed by atoms with Crippen molar-refractivity contribution in [2.45, 2.75) is 19.3 Å². The van der Waals surface area contributed by atoms with Gasteiger partial charge in [0.2, 0.25) is 0 Å². The molecule has 0 N–H and O–H groups in total. The van der Waals surface area contributed by atoms with Crippen molar-refractivity contribution >= 4 is 49.4 Å². The lowest BCUT2D eigenvalue weighted by molar-refractivity contribution is 0.103. The third-order valence-corrected chi connectivity index (χ3v) is 11.9. The molecule has 0 saturated carbocycles. The molecule has 0 atom stereocenters. The Morgan fingerprint density at radius 3 is 1.35 bits per heavy atom. The predicted octanol–water partition coefficient (Wildman–Crippen LogP) is 13.1. The molecule has 2 heterocycles. The number of fused-ring (bicyclic) bond motifs is 9. The fourth-order valence-corrected chi connectivity index (χ4v) is 9.24. The topological polar surface area (TPSA) is 26.9 Å². The Balaban J connectivity index is 1.13. The molecule has 8 aromatic carbocycles. The van der Waals surface area contributed by atoms with Gasteiger partial charge in [-0.1, -0.05) is 141 Å². The Morgan fingerprint density at radius 1 is 0.400 bits per heavy atom. The summed E-state index contributed by atoms with van der Waals surface area (Å²) in [6, 6.07) is 64.7. The largest absolute Gasteiger partial charge is 0.309 e. The molecule has 1 aliphatic carbocycles. The van der Waals surface area contributed by atoms with E-state index in [-0.39, 0.29) is 11.2 Å². The SMILES string of the molecule is CC1(C)c2cc(C(=O)c3ccccc3)ccc2-c2ccc(-c3cc(-n4c5ccccc5c5ccccc54)cc(-n4c5ccccc5c5ccccc54)c3)cc21. The summed E-state index contributed by atoms with van der Waals surface area (Å²) in [5.74, 6) is 0.0512. The van der Waals surface area contributed by atoms with Crippen LogP contribution in [0.2, 0.25) is 0 Å². The van der Waals surface area contributed by atoms with Gasteiger partial charge in [0, 0.05) is 49.5 Å². The summed E-state index contributed by atoms with van der Waals surface area (Å²) in [4.78, 5) is 13.6. The number of benzene rings is 8. The first kappa shape index (κ1) is 31.5. The van der Waals surface area contributed by atoms with Gasteiger partial charge >= 0.3 is 0 Å². The van der Waals surface area contributed by atoms with Gasteiger partial charge in [-0.3, -0.25) is 4.79 Å². The summed E-state index contributed by atoms with van der Waals surface area (Å²) in [7, 11) is 0. The molecule has 55 heavy (non-hydrogen) atoms. The van der Waals surface area contributed by atoms with E-state index < -0.39 is 0 Å². The maximum Gasteiger partial charge on any atom is 0.193 e. The van der Waals surface area contributed by atoms with Gasteiger partial charge in [-0.2, -0.15) is 0 Å². The zero-order valence-electron chi connectivity index (χ0n) is 30.6. The Labute approximate surface area is 319 Å². The van der Waals surface area contributed by atoms with Crippen molar-refractivity contribution in [2.24, 2.45) is 0 Å². The molecule has 0 fully saturated rings. The van der Waals surface area contributed by atoms with Gasteiger partial charge in [0.25, 0.3) is 0 Å². The highest BCUT2D eigenvalue weighted by Gasteiger charge is 2.36. The first-order chi connectivity index (χ1) is 27.0. The van der Waals surface area contributed by atoms with Crippen molar-refractivity contribution in [1.82, 2.24) is 9.13 Å². The average Bonchev–Trinajstić information content (AvgIpc) is 3.84. The summed E-state index contributed by atoms with van der Waals surface area (Å²) in [5, 5.41) is 4.96. The lowest BCUT2D eigenvalue weighted by atomic mass is 9.81. The second kappa shape index (κ2) is 11.8. The van der Waals surface area contributed by atoms with Crippen LogP contribution in [-0.4, -0.2) is 14.9 Å². The minimum absolute atomic E-state index is 0.0512. The molecule has 0 amide bonds. The van der Waals surface area contributed by atoms with Crippen LogP contribution in [0.1, 0.15) is 40.9 Å². The van der Waals surface area contributed by atoms with Crippen molar-refractivity contribution in [1.29, 1.82) is 0 Å². The second-order valence-corrected chi connectivity index (χ2v) is 15.3. The Hall–Kier alpha value is -6.97. The molecule has 0 bridgehead atoms. The molecule has 10 aromatic rings. The van der Waals surface area contributed by atoms with Crippen molar-refractivity contribution < 1.29 is 4.79 Å². The quantitative estimate of drug-likeness (QED) is 0.164. The molecule has 3 heteroatoms. The molecule has 0 aliphatic heterocycles. The van der Waals surface area contributed by atoms with Gasteiger partial charge in [-0.15, -0.1) is 0 Å². The highest BCUT2D eigenvalue weighted by Crippen LogP contribution is 2.50. The average molecular weight is 705 g/mol. The second-order valence-electron chi connectivity index (χ2n) is 15.3. The molecule has 2 aromatic heterocycles. The van der Waals surface area contributed by atoms with Gasteiger partial charge in [-0.25, -0.2) is 0 Å². The van der Waals surface area contributed by atoms with E-state index in [2.05, 4.69) is 169 Å². The van der Waals surface area contributed by atoms with E-state index in [1.807, 2.05) is 36.4 Å². The van der Waals surface area contributed by atoms with E-state index >= 15 is 0 Å². The van der Waals surface area contributed by atoms with Gasteiger partial charge < -0.3 is 9.13 Å². The third kappa shape index (κ3) is 4.66. The van der Waals surface area contributed by atoms with Gasteiger partial charge in [0.15, 0.2) is 5.78 Å². The lowest BCUT2D eigenvalue weighted by Crippen LogP contribution is -2.16. The lowest BCUT2D eigenvalue weighted by Gasteiger charge is -2.23. The fraction of sp³-hybridized carbons (Fsp3) is 0.0577. The predicted molar refractivity (Wildman–Crippen MR) is 228 cm³/mol. The number of aromatic nitrogens is 2. The van der Waals surface area contributed by atoms with Crippen LogP contribution in [0.5, 0.6) is 0 Å². The summed E-state index contributed by atoms with van der Waals surface area (Å²) in [6.45, 7) is 4.58. The number of carbonyl (C=O) groups excluding carboxylic acids is 1. The van der Waals surface area contributed by atoms with E-state index in [0.29, 0.717) is 5.56 Å². The van der Waals surface area contributed by atoms with Crippen LogP contribution in [0.4, 0.5) is 0 Å². The number of nitrogens with zero attached hydrogens (tertiary/aromatic N) is 2. The monoisotopic (exact) mass is 704 g/mol.